The Balaban J connectivity index is 2.54. The number of hydrogen-bond donors (Lipinski definition) is 1. The molecule has 0 aliphatic heterocycles. The highest BCUT2D eigenvalue weighted by molar-refractivity contribution is 5.93. The number of fused-ring (bicyclic) bond motifs is 1. The van der Waals surface area contributed by atoms with Crippen molar-refractivity contribution in [1.82, 2.24) is 4.98 Å². The van der Waals surface area contributed by atoms with E-state index in [-0.39, 0.29) is 0 Å². The third-order valence-corrected chi connectivity index (χ3v) is 2.91. The van der Waals surface area contributed by atoms with Crippen molar-refractivity contribution < 1.29 is 0 Å². The van der Waals surface area contributed by atoms with Crippen LogP contribution in [0.1, 0.15) is 12.1 Å². The lowest BCUT2D eigenvalue weighted by Gasteiger charge is -2.20. The smallest absolute Gasteiger partial charge is 0.0727 e. The summed E-state index contributed by atoms with van der Waals surface area (Å²) in [5.74, 6) is 0. The Hall–Kier alpha value is -2.28. The van der Waals surface area contributed by atoms with E-state index in [2.05, 4.69) is 16.0 Å². The second-order valence-electron chi connectivity index (χ2n) is 4.39. The van der Waals surface area contributed by atoms with E-state index in [0.717, 1.165) is 28.0 Å². The van der Waals surface area contributed by atoms with Crippen LogP contribution in [0.25, 0.3) is 10.9 Å². The van der Waals surface area contributed by atoms with Crippen LogP contribution >= 0.6 is 0 Å². The minimum atomic E-state index is 0.502. The Morgan fingerprint density at radius 3 is 2.89 bits per heavy atom. The van der Waals surface area contributed by atoms with Gasteiger partial charge < -0.3 is 10.6 Å². The van der Waals surface area contributed by atoms with E-state index in [4.69, 9.17) is 11.0 Å². The van der Waals surface area contributed by atoms with Crippen molar-refractivity contribution in [3.05, 3.63) is 30.0 Å². The molecule has 0 spiro atoms. The van der Waals surface area contributed by atoms with Crippen LogP contribution in [0.5, 0.6) is 0 Å². The molecule has 0 saturated carbocycles. The predicted molar refractivity (Wildman–Crippen MR) is 74.4 cm³/mol. The predicted octanol–water partition coefficient (Wildman–Crippen LogP) is 2.48. The average Bonchev–Trinajstić information content (AvgIpc) is 2.35. The molecule has 2 N–H and O–H groups in total. The maximum absolute atomic E-state index is 8.67. The van der Waals surface area contributed by atoms with Gasteiger partial charge in [0.1, 0.15) is 0 Å². The third-order valence-electron chi connectivity index (χ3n) is 2.91. The second-order valence-corrected chi connectivity index (χ2v) is 4.39. The minimum absolute atomic E-state index is 0.502. The van der Waals surface area contributed by atoms with Crippen LogP contribution < -0.4 is 10.6 Å². The van der Waals surface area contributed by atoms with Gasteiger partial charge >= 0.3 is 0 Å². The maximum atomic E-state index is 8.67. The summed E-state index contributed by atoms with van der Waals surface area (Å²) in [5.41, 5.74) is 9.52. The van der Waals surface area contributed by atoms with Gasteiger partial charge in [0.05, 0.1) is 18.0 Å². The number of anilines is 2. The van der Waals surface area contributed by atoms with Gasteiger partial charge in [0.25, 0.3) is 0 Å². The van der Waals surface area contributed by atoms with Crippen molar-refractivity contribution in [2.75, 3.05) is 24.2 Å². The van der Waals surface area contributed by atoms with Gasteiger partial charge in [0, 0.05) is 36.0 Å². The van der Waals surface area contributed by atoms with E-state index in [9.17, 15) is 0 Å². The summed E-state index contributed by atoms with van der Waals surface area (Å²) in [6.45, 7) is 2.67. The minimum Gasteiger partial charge on any atom is -0.399 e. The summed E-state index contributed by atoms with van der Waals surface area (Å²) < 4.78 is 0. The fourth-order valence-corrected chi connectivity index (χ4v) is 2.01. The molecule has 2 rings (SSSR count). The average molecular weight is 240 g/mol. The molecule has 0 radical (unpaired) electrons. The number of aryl methyl sites for hydroxylation is 1. The topological polar surface area (TPSA) is 65.9 Å². The summed E-state index contributed by atoms with van der Waals surface area (Å²) in [6, 6.07) is 9.90. The highest BCUT2D eigenvalue weighted by atomic mass is 15.1. The van der Waals surface area contributed by atoms with Crippen molar-refractivity contribution in [2.45, 2.75) is 13.3 Å². The molecule has 0 unspecified atom stereocenters. The zero-order chi connectivity index (χ0) is 13.1. The normalized spacial score (nSPS) is 10.3. The van der Waals surface area contributed by atoms with Crippen molar-refractivity contribution in [1.29, 1.82) is 5.26 Å². The quantitative estimate of drug-likeness (QED) is 0.837. The standard InChI is InChI=1S/C14H16N4/c1-10-8-14(18(2)7-3-6-15)12-9-11(16)4-5-13(12)17-10/h4-5,8-9H,3,7,16H2,1-2H3. The molecule has 1 heterocycles. The van der Waals surface area contributed by atoms with Crippen LogP contribution in [0, 0.1) is 18.3 Å². The van der Waals surface area contributed by atoms with Crippen LogP contribution in [-0.4, -0.2) is 18.6 Å². The Morgan fingerprint density at radius 2 is 2.17 bits per heavy atom. The number of nitriles is 1. The molecule has 92 valence electrons. The number of nitrogens with two attached hydrogens (primary N) is 1. The fourth-order valence-electron chi connectivity index (χ4n) is 2.01. The number of hydrogen-bond acceptors (Lipinski definition) is 4. The van der Waals surface area contributed by atoms with E-state index in [1.165, 1.54) is 0 Å². The van der Waals surface area contributed by atoms with E-state index >= 15 is 0 Å². The van der Waals surface area contributed by atoms with Gasteiger partial charge in [-0.15, -0.1) is 0 Å². The summed E-state index contributed by atoms with van der Waals surface area (Å²) in [4.78, 5) is 6.56. The first-order chi connectivity index (χ1) is 8.61. The molecular weight excluding hydrogens is 224 g/mol. The van der Waals surface area contributed by atoms with Gasteiger partial charge in [0.15, 0.2) is 0 Å². The van der Waals surface area contributed by atoms with Crippen molar-refractivity contribution in [2.24, 2.45) is 0 Å². The summed E-state index contributed by atoms with van der Waals surface area (Å²) >= 11 is 0. The number of pyridine rings is 1. The lowest BCUT2D eigenvalue weighted by atomic mass is 10.1. The molecule has 1 aromatic heterocycles. The van der Waals surface area contributed by atoms with Crippen LogP contribution in [-0.2, 0) is 0 Å². The van der Waals surface area contributed by atoms with Gasteiger partial charge in [-0.3, -0.25) is 4.98 Å². The highest BCUT2D eigenvalue weighted by Crippen LogP contribution is 2.27. The zero-order valence-corrected chi connectivity index (χ0v) is 10.6. The molecule has 0 aliphatic rings. The molecule has 2 aromatic rings. The van der Waals surface area contributed by atoms with E-state index in [1.807, 2.05) is 38.2 Å². The summed E-state index contributed by atoms with van der Waals surface area (Å²) in [7, 11) is 1.98. The fraction of sp³-hybridized carbons (Fsp3) is 0.286. The molecule has 0 bridgehead atoms. The first-order valence-corrected chi connectivity index (χ1v) is 5.87. The zero-order valence-electron chi connectivity index (χ0n) is 10.6. The van der Waals surface area contributed by atoms with Gasteiger partial charge in [0.2, 0.25) is 0 Å². The number of nitrogens with zero attached hydrogens (tertiary/aromatic N) is 3. The molecular formula is C14H16N4. The molecule has 0 aliphatic carbocycles. The molecule has 0 saturated heterocycles. The first kappa shape index (κ1) is 12.2. The maximum Gasteiger partial charge on any atom is 0.0727 e. The van der Waals surface area contributed by atoms with Crippen molar-refractivity contribution in [3.8, 4) is 6.07 Å². The lowest BCUT2D eigenvalue weighted by molar-refractivity contribution is 0.907. The molecule has 0 atom stereocenters. The van der Waals surface area contributed by atoms with Crippen LogP contribution in [0.2, 0.25) is 0 Å². The monoisotopic (exact) mass is 240 g/mol. The van der Waals surface area contributed by atoms with Crippen LogP contribution in [0.4, 0.5) is 11.4 Å². The Labute approximate surface area is 107 Å². The lowest BCUT2D eigenvalue weighted by Crippen LogP contribution is -2.18. The Morgan fingerprint density at radius 1 is 1.39 bits per heavy atom. The molecule has 0 amide bonds. The van der Waals surface area contributed by atoms with Gasteiger partial charge in [-0.1, -0.05) is 0 Å². The van der Waals surface area contributed by atoms with Gasteiger partial charge in [-0.2, -0.15) is 5.26 Å². The number of rotatable bonds is 3. The molecule has 4 nitrogen and oxygen atoms in total. The van der Waals surface area contributed by atoms with Crippen molar-refractivity contribution >= 4 is 22.3 Å². The van der Waals surface area contributed by atoms with Gasteiger partial charge in [-0.25, -0.2) is 0 Å². The Kier molecular flexibility index (Phi) is 3.33. The number of nitrogen functional groups attached to an aromatic ring is 1. The molecule has 4 heteroatoms. The largest absolute Gasteiger partial charge is 0.399 e. The third kappa shape index (κ3) is 2.35. The van der Waals surface area contributed by atoms with Crippen LogP contribution in [0.3, 0.4) is 0 Å². The van der Waals surface area contributed by atoms with E-state index in [1.54, 1.807) is 0 Å². The summed E-state index contributed by atoms with van der Waals surface area (Å²) in [6.07, 6.45) is 0.502. The van der Waals surface area contributed by atoms with E-state index in [0.29, 0.717) is 13.0 Å². The molecule has 18 heavy (non-hydrogen) atoms. The first-order valence-electron chi connectivity index (χ1n) is 5.87. The Bertz CT molecular complexity index is 613. The number of aromatic nitrogens is 1. The van der Waals surface area contributed by atoms with E-state index < -0.39 is 0 Å². The number of benzene rings is 1. The van der Waals surface area contributed by atoms with Gasteiger partial charge in [-0.05, 0) is 31.2 Å². The summed E-state index contributed by atoms with van der Waals surface area (Å²) in [5, 5.41) is 9.69. The highest BCUT2D eigenvalue weighted by Gasteiger charge is 2.08. The van der Waals surface area contributed by atoms with Crippen molar-refractivity contribution in [3.63, 3.8) is 0 Å². The SMILES string of the molecule is Cc1cc(N(C)CCC#N)c2cc(N)ccc2n1. The molecule has 0 fully saturated rings. The molecule has 1 aromatic carbocycles. The van der Waals surface area contributed by atoms with Crippen LogP contribution in [0.15, 0.2) is 24.3 Å². The second kappa shape index (κ2) is 4.92.